The molecule has 4 N–H and O–H groups in total. The molecule has 0 saturated heterocycles. The van der Waals surface area contributed by atoms with Crippen LogP contribution in [-0.4, -0.2) is 23.3 Å². The van der Waals surface area contributed by atoms with Crippen molar-refractivity contribution in [2.24, 2.45) is 5.73 Å². The summed E-state index contributed by atoms with van der Waals surface area (Å²) in [7, 11) is 0. The number of anilines is 1. The zero-order valence-corrected chi connectivity index (χ0v) is 12.7. The molecule has 1 rings (SSSR count). The number of hydrogen-bond acceptors (Lipinski definition) is 3. The fourth-order valence-electron chi connectivity index (χ4n) is 2.12. The Morgan fingerprint density at radius 1 is 1.10 bits per heavy atom. The minimum atomic E-state index is -0.493. The van der Waals surface area contributed by atoms with Crippen LogP contribution in [0.25, 0.3) is 0 Å². The van der Waals surface area contributed by atoms with Crippen molar-refractivity contribution in [2.75, 3.05) is 12.3 Å². The van der Waals surface area contributed by atoms with Crippen LogP contribution < -0.4 is 11.5 Å². The predicted molar refractivity (Wildman–Crippen MR) is 84.2 cm³/mol. The first-order chi connectivity index (χ1) is 10.0. The third-order valence-electron chi connectivity index (χ3n) is 3.30. The van der Waals surface area contributed by atoms with Gasteiger partial charge in [0.1, 0.15) is 0 Å². The van der Waals surface area contributed by atoms with E-state index >= 15 is 0 Å². The number of benzene rings is 1. The number of nitrogens with zero attached hydrogens (tertiary/aromatic N) is 1. The number of carbonyl (C=O) groups is 2. The second-order valence-corrected chi connectivity index (χ2v) is 5.27. The lowest BCUT2D eigenvalue weighted by Gasteiger charge is -2.21. The highest BCUT2D eigenvalue weighted by Gasteiger charge is 2.15. The van der Waals surface area contributed by atoms with Crippen LogP contribution in [0.5, 0.6) is 0 Å². The number of primary amides is 1. The van der Waals surface area contributed by atoms with Crippen molar-refractivity contribution in [1.29, 1.82) is 0 Å². The molecule has 1 aromatic carbocycles. The van der Waals surface area contributed by atoms with E-state index in [9.17, 15) is 9.59 Å². The second kappa shape index (κ2) is 9.00. The van der Waals surface area contributed by atoms with E-state index < -0.39 is 5.91 Å². The van der Waals surface area contributed by atoms with Gasteiger partial charge in [-0.05, 0) is 24.1 Å². The van der Waals surface area contributed by atoms with Crippen molar-refractivity contribution >= 4 is 17.5 Å². The first kappa shape index (κ1) is 17.0. The Labute approximate surface area is 126 Å². The smallest absolute Gasteiger partial charge is 0.237 e. The first-order valence-corrected chi connectivity index (χ1v) is 7.43. The van der Waals surface area contributed by atoms with Crippen molar-refractivity contribution in [3.63, 3.8) is 0 Å². The summed E-state index contributed by atoms with van der Waals surface area (Å²) >= 11 is 0. The number of rotatable bonds is 9. The van der Waals surface area contributed by atoms with Crippen LogP contribution in [0.2, 0.25) is 0 Å². The molecule has 21 heavy (non-hydrogen) atoms. The van der Waals surface area contributed by atoms with E-state index in [4.69, 9.17) is 11.5 Å². The molecule has 2 amide bonds. The molecule has 5 nitrogen and oxygen atoms in total. The highest BCUT2D eigenvalue weighted by molar-refractivity contribution is 5.83. The normalized spacial score (nSPS) is 10.3. The first-order valence-electron chi connectivity index (χ1n) is 7.43. The lowest BCUT2D eigenvalue weighted by atomic mass is 10.1. The molecule has 0 bridgehead atoms. The molecular weight excluding hydrogens is 266 g/mol. The maximum atomic E-state index is 12.2. The number of nitrogen functional groups attached to an aromatic ring is 1. The summed E-state index contributed by atoms with van der Waals surface area (Å²) in [6, 6.07) is 7.27. The Morgan fingerprint density at radius 2 is 1.76 bits per heavy atom. The number of hydrogen-bond donors (Lipinski definition) is 2. The van der Waals surface area contributed by atoms with Gasteiger partial charge in [-0.3, -0.25) is 9.59 Å². The zero-order chi connectivity index (χ0) is 15.7. The van der Waals surface area contributed by atoms with Crippen LogP contribution >= 0.6 is 0 Å². The molecule has 0 saturated carbocycles. The Hall–Kier alpha value is -2.04. The van der Waals surface area contributed by atoms with Crippen LogP contribution in [0.15, 0.2) is 24.3 Å². The van der Waals surface area contributed by atoms with Gasteiger partial charge in [-0.1, -0.05) is 38.3 Å². The lowest BCUT2D eigenvalue weighted by Crippen LogP contribution is -2.37. The quantitative estimate of drug-likeness (QED) is 0.539. The lowest BCUT2D eigenvalue weighted by molar-refractivity contribution is -0.135. The Morgan fingerprint density at radius 3 is 2.33 bits per heavy atom. The van der Waals surface area contributed by atoms with Gasteiger partial charge in [-0.25, -0.2) is 0 Å². The summed E-state index contributed by atoms with van der Waals surface area (Å²) in [5.41, 5.74) is 12.5. The van der Waals surface area contributed by atoms with E-state index in [1.54, 1.807) is 12.1 Å². The van der Waals surface area contributed by atoms with Crippen LogP contribution in [0, 0.1) is 0 Å². The van der Waals surface area contributed by atoms with E-state index in [0.29, 0.717) is 18.7 Å². The minimum Gasteiger partial charge on any atom is -0.399 e. The number of nitrogens with two attached hydrogens (primary N) is 2. The van der Waals surface area contributed by atoms with Crippen LogP contribution in [-0.2, 0) is 16.1 Å². The summed E-state index contributed by atoms with van der Waals surface area (Å²) in [6.45, 7) is 2.47. The molecular formula is C16H25N3O2. The number of amides is 2. The van der Waals surface area contributed by atoms with Crippen molar-refractivity contribution in [3.05, 3.63) is 29.8 Å². The molecule has 0 atom stereocenters. The maximum absolute atomic E-state index is 12.2. The minimum absolute atomic E-state index is 0.0262. The summed E-state index contributed by atoms with van der Waals surface area (Å²) in [4.78, 5) is 24.9. The Balaban J connectivity index is 2.59. The third-order valence-corrected chi connectivity index (χ3v) is 3.30. The van der Waals surface area contributed by atoms with Gasteiger partial charge < -0.3 is 16.4 Å². The average Bonchev–Trinajstić information content (AvgIpc) is 2.44. The molecule has 1 aromatic rings. The zero-order valence-electron chi connectivity index (χ0n) is 12.7. The van der Waals surface area contributed by atoms with Crippen molar-refractivity contribution in [2.45, 2.75) is 45.6 Å². The fourth-order valence-corrected chi connectivity index (χ4v) is 2.12. The third kappa shape index (κ3) is 6.79. The van der Waals surface area contributed by atoms with E-state index in [0.717, 1.165) is 31.2 Å². The standard InChI is InChI=1S/C16H25N3O2/c1-2-3-4-5-6-16(21)19(12-15(18)20)11-13-7-9-14(17)10-8-13/h7-10H,2-6,11-12,17H2,1H3,(H2,18,20). The molecule has 0 unspecified atom stereocenters. The monoisotopic (exact) mass is 291 g/mol. The Kier molecular flexibility index (Phi) is 7.29. The predicted octanol–water partition coefficient (Wildman–Crippen LogP) is 2.05. The van der Waals surface area contributed by atoms with Crippen molar-refractivity contribution < 1.29 is 9.59 Å². The summed E-state index contributed by atoms with van der Waals surface area (Å²) < 4.78 is 0. The van der Waals surface area contributed by atoms with E-state index in [1.165, 1.54) is 4.90 Å². The second-order valence-electron chi connectivity index (χ2n) is 5.27. The molecule has 0 heterocycles. The van der Waals surface area contributed by atoms with Crippen LogP contribution in [0.3, 0.4) is 0 Å². The van der Waals surface area contributed by atoms with Gasteiger partial charge in [0.15, 0.2) is 0 Å². The van der Waals surface area contributed by atoms with Gasteiger partial charge in [0.2, 0.25) is 11.8 Å². The number of carbonyl (C=O) groups excluding carboxylic acids is 2. The largest absolute Gasteiger partial charge is 0.399 e. The Bertz CT molecular complexity index is 457. The van der Waals surface area contributed by atoms with Gasteiger partial charge in [0.05, 0.1) is 6.54 Å². The van der Waals surface area contributed by atoms with Gasteiger partial charge >= 0.3 is 0 Å². The van der Waals surface area contributed by atoms with Gasteiger partial charge in [0.25, 0.3) is 0 Å². The summed E-state index contributed by atoms with van der Waals surface area (Å²) in [5, 5.41) is 0. The highest BCUT2D eigenvalue weighted by atomic mass is 16.2. The molecule has 116 valence electrons. The molecule has 0 spiro atoms. The molecule has 0 fully saturated rings. The molecule has 0 aliphatic rings. The molecule has 0 aliphatic carbocycles. The van der Waals surface area contributed by atoms with E-state index in [1.807, 2.05) is 12.1 Å². The average molecular weight is 291 g/mol. The summed E-state index contributed by atoms with van der Waals surface area (Å²) in [5.74, 6) is -0.519. The summed E-state index contributed by atoms with van der Waals surface area (Å²) in [6.07, 6.45) is 4.60. The molecule has 0 aliphatic heterocycles. The number of unbranched alkanes of at least 4 members (excludes halogenated alkanes) is 3. The van der Waals surface area contributed by atoms with E-state index in [2.05, 4.69) is 6.92 Å². The topological polar surface area (TPSA) is 89.4 Å². The van der Waals surface area contributed by atoms with Crippen LogP contribution in [0.1, 0.15) is 44.6 Å². The van der Waals surface area contributed by atoms with Crippen molar-refractivity contribution in [1.82, 2.24) is 4.90 Å². The highest BCUT2D eigenvalue weighted by Crippen LogP contribution is 2.11. The van der Waals surface area contributed by atoms with Gasteiger partial charge in [-0.2, -0.15) is 0 Å². The molecule has 0 aromatic heterocycles. The molecule has 5 heteroatoms. The van der Waals surface area contributed by atoms with Crippen molar-refractivity contribution in [3.8, 4) is 0 Å². The fraction of sp³-hybridized carbons (Fsp3) is 0.500. The van der Waals surface area contributed by atoms with Crippen LogP contribution in [0.4, 0.5) is 5.69 Å². The molecule has 0 radical (unpaired) electrons. The maximum Gasteiger partial charge on any atom is 0.237 e. The van der Waals surface area contributed by atoms with Gasteiger partial charge in [-0.15, -0.1) is 0 Å². The van der Waals surface area contributed by atoms with E-state index in [-0.39, 0.29) is 12.5 Å². The van der Waals surface area contributed by atoms with Gasteiger partial charge in [0, 0.05) is 18.7 Å². The SMILES string of the molecule is CCCCCCC(=O)N(CC(N)=O)Cc1ccc(N)cc1.